The Hall–Kier alpha value is -0.980. The summed E-state index contributed by atoms with van der Waals surface area (Å²) in [6.07, 6.45) is 2.38. The van der Waals surface area contributed by atoms with Crippen LogP contribution in [0.4, 0.5) is 5.00 Å². The van der Waals surface area contributed by atoms with E-state index >= 15 is 0 Å². The van der Waals surface area contributed by atoms with Gasteiger partial charge in [-0.05, 0) is 38.4 Å². The van der Waals surface area contributed by atoms with E-state index in [0.29, 0.717) is 18.0 Å². The highest BCUT2D eigenvalue weighted by atomic mass is 32.1. The molecule has 6 heteroatoms. The summed E-state index contributed by atoms with van der Waals surface area (Å²) >= 11 is 1.32. The van der Waals surface area contributed by atoms with Crippen LogP contribution >= 0.6 is 11.3 Å². The Morgan fingerprint density at radius 3 is 2.90 bits per heavy atom. The third-order valence-electron chi connectivity index (χ3n) is 3.88. The fourth-order valence-corrected chi connectivity index (χ4v) is 3.99. The predicted octanol–water partition coefficient (Wildman–Crippen LogP) is 3.04. The molecule has 1 saturated heterocycles. The zero-order chi connectivity index (χ0) is 14.7. The molecule has 0 bridgehead atoms. The lowest BCUT2D eigenvalue weighted by Crippen LogP contribution is -2.41. The molecule has 0 aromatic carbocycles. The molecule has 0 amide bonds. The summed E-state index contributed by atoms with van der Waals surface area (Å²) in [5.41, 5.74) is 0. The van der Waals surface area contributed by atoms with Gasteiger partial charge in [0.1, 0.15) is 0 Å². The predicted molar refractivity (Wildman–Crippen MR) is 82.2 cm³/mol. The average Bonchev–Trinajstić information content (AvgIpc) is 2.85. The Balaban J connectivity index is 2.15. The topological polar surface area (TPSA) is 58.4 Å². The largest absolute Gasteiger partial charge is 0.324 e. The van der Waals surface area contributed by atoms with Gasteiger partial charge >= 0.3 is 5.00 Å². The zero-order valence-electron chi connectivity index (χ0n) is 12.3. The molecule has 5 nitrogen and oxygen atoms in total. The van der Waals surface area contributed by atoms with Crippen molar-refractivity contribution in [1.29, 1.82) is 0 Å². The average molecular weight is 297 g/mol. The highest BCUT2D eigenvalue weighted by Crippen LogP contribution is 2.39. The first-order chi connectivity index (χ1) is 9.49. The van der Waals surface area contributed by atoms with Gasteiger partial charge in [0, 0.05) is 29.6 Å². The summed E-state index contributed by atoms with van der Waals surface area (Å²) in [7, 11) is 2.12. The van der Waals surface area contributed by atoms with Crippen LogP contribution < -0.4 is 5.32 Å². The number of nitro groups is 1. The van der Waals surface area contributed by atoms with E-state index in [1.807, 2.05) is 6.07 Å². The molecule has 0 spiro atoms. The molecule has 0 aliphatic carbocycles. The summed E-state index contributed by atoms with van der Waals surface area (Å²) in [4.78, 5) is 14.0. The van der Waals surface area contributed by atoms with Gasteiger partial charge in [-0.15, -0.1) is 0 Å². The Morgan fingerprint density at radius 2 is 2.30 bits per heavy atom. The second-order valence-corrected chi connectivity index (χ2v) is 6.92. The minimum absolute atomic E-state index is 0.245. The third kappa shape index (κ3) is 3.56. The minimum atomic E-state index is -0.293. The number of piperidine rings is 1. The molecule has 2 heterocycles. The third-order valence-corrected chi connectivity index (χ3v) is 4.99. The van der Waals surface area contributed by atoms with E-state index in [1.165, 1.54) is 24.2 Å². The second-order valence-electron chi connectivity index (χ2n) is 5.82. The van der Waals surface area contributed by atoms with E-state index in [1.54, 1.807) is 6.07 Å². The molecule has 1 aromatic rings. The van der Waals surface area contributed by atoms with Crippen molar-refractivity contribution in [2.45, 2.75) is 38.8 Å². The SMILES string of the molecule is CC(C)NCC1CCCN(C)C1c1ccc([N+](=O)[O-])s1. The van der Waals surface area contributed by atoms with Gasteiger partial charge in [0.2, 0.25) is 0 Å². The first-order valence-corrected chi connectivity index (χ1v) is 7.98. The lowest BCUT2D eigenvalue weighted by atomic mass is 9.88. The first-order valence-electron chi connectivity index (χ1n) is 7.16. The molecule has 20 heavy (non-hydrogen) atoms. The van der Waals surface area contributed by atoms with Gasteiger partial charge in [0.05, 0.1) is 4.92 Å². The van der Waals surface area contributed by atoms with Crippen molar-refractivity contribution < 1.29 is 4.92 Å². The Bertz CT molecular complexity index is 461. The lowest BCUT2D eigenvalue weighted by molar-refractivity contribution is -0.380. The van der Waals surface area contributed by atoms with Crippen molar-refractivity contribution in [2.24, 2.45) is 5.92 Å². The summed E-state index contributed by atoms with van der Waals surface area (Å²) < 4.78 is 0. The van der Waals surface area contributed by atoms with Crippen LogP contribution in [0.3, 0.4) is 0 Å². The van der Waals surface area contributed by atoms with Crippen molar-refractivity contribution in [3.63, 3.8) is 0 Å². The maximum Gasteiger partial charge on any atom is 0.324 e. The van der Waals surface area contributed by atoms with Crippen LogP contribution in [-0.4, -0.2) is 36.0 Å². The number of nitrogens with zero attached hydrogens (tertiary/aromatic N) is 2. The fraction of sp³-hybridized carbons (Fsp3) is 0.714. The summed E-state index contributed by atoms with van der Waals surface area (Å²) in [5.74, 6) is 0.523. The van der Waals surface area contributed by atoms with Crippen LogP contribution in [0.25, 0.3) is 0 Å². The Morgan fingerprint density at radius 1 is 1.55 bits per heavy atom. The summed E-state index contributed by atoms with van der Waals surface area (Å²) in [6, 6.07) is 4.33. The summed E-state index contributed by atoms with van der Waals surface area (Å²) in [5, 5.41) is 14.6. The van der Waals surface area contributed by atoms with E-state index in [9.17, 15) is 10.1 Å². The highest BCUT2D eigenvalue weighted by molar-refractivity contribution is 7.15. The summed E-state index contributed by atoms with van der Waals surface area (Å²) in [6.45, 7) is 6.34. The highest BCUT2D eigenvalue weighted by Gasteiger charge is 2.32. The number of hydrogen-bond acceptors (Lipinski definition) is 5. The molecule has 2 atom stereocenters. The molecule has 1 aliphatic heterocycles. The number of hydrogen-bond donors (Lipinski definition) is 1. The molecule has 2 rings (SSSR count). The standard InChI is InChI=1S/C14H23N3O2S/c1-10(2)15-9-11-5-4-8-16(3)14(11)12-6-7-13(20-12)17(18)19/h6-7,10-11,14-15H,4-5,8-9H2,1-3H3. The van der Waals surface area contributed by atoms with E-state index in [0.717, 1.165) is 18.0 Å². The molecule has 112 valence electrons. The molecule has 1 N–H and O–H groups in total. The normalized spacial score (nSPS) is 24.2. The zero-order valence-corrected chi connectivity index (χ0v) is 13.2. The Kier molecular flexibility index (Phi) is 5.12. The lowest BCUT2D eigenvalue weighted by Gasteiger charge is -2.39. The maximum absolute atomic E-state index is 10.9. The molecule has 0 saturated carbocycles. The van der Waals surface area contributed by atoms with Gasteiger partial charge in [-0.25, -0.2) is 0 Å². The molecule has 1 aromatic heterocycles. The second kappa shape index (κ2) is 6.65. The number of rotatable bonds is 5. The van der Waals surface area contributed by atoms with Crippen molar-refractivity contribution in [3.8, 4) is 0 Å². The van der Waals surface area contributed by atoms with E-state index in [2.05, 4.69) is 31.1 Å². The van der Waals surface area contributed by atoms with Gasteiger partial charge in [0.25, 0.3) is 0 Å². The van der Waals surface area contributed by atoms with Crippen molar-refractivity contribution in [3.05, 3.63) is 27.1 Å². The maximum atomic E-state index is 10.9. The van der Waals surface area contributed by atoms with Crippen LogP contribution in [0, 0.1) is 16.0 Å². The smallest absolute Gasteiger partial charge is 0.314 e. The molecule has 1 aliphatic rings. The Labute approximate surface area is 124 Å². The van der Waals surface area contributed by atoms with Crippen molar-refractivity contribution in [2.75, 3.05) is 20.1 Å². The number of thiophene rings is 1. The van der Waals surface area contributed by atoms with Gasteiger partial charge in [-0.2, -0.15) is 0 Å². The van der Waals surface area contributed by atoms with Crippen LogP contribution in [0.1, 0.15) is 37.6 Å². The van der Waals surface area contributed by atoms with Gasteiger partial charge < -0.3 is 5.32 Å². The monoisotopic (exact) mass is 297 g/mol. The van der Waals surface area contributed by atoms with Gasteiger partial charge in [-0.3, -0.25) is 15.0 Å². The van der Waals surface area contributed by atoms with Crippen molar-refractivity contribution in [1.82, 2.24) is 10.2 Å². The van der Waals surface area contributed by atoms with Crippen LogP contribution in [0.15, 0.2) is 12.1 Å². The van der Waals surface area contributed by atoms with Crippen molar-refractivity contribution >= 4 is 16.3 Å². The quantitative estimate of drug-likeness (QED) is 0.670. The molecule has 1 fully saturated rings. The molecular formula is C14H23N3O2S. The fourth-order valence-electron chi connectivity index (χ4n) is 2.91. The first kappa shape index (κ1) is 15.4. The van der Waals surface area contributed by atoms with Gasteiger partial charge in [0.15, 0.2) is 0 Å². The van der Waals surface area contributed by atoms with E-state index < -0.39 is 0 Å². The molecule has 0 radical (unpaired) electrons. The van der Waals surface area contributed by atoms with E-state index in [-0.39, 0.29) is 9.92 Å². The van der Waals surface area contributed by atoms with Gasteiger partial charge in [-0.1, -0.05) is 25.2 Å². The van der Waals surface area contributed by atoms with Crippen LogP contribution in [0.5, 0.6) is 0 Å². The van der Waals surface area contributed by atoms with E-state index in [4.69, 9.17) is 0 Å². The number of nitrogens with one attached hydrogen (secondary N) is 1. The molecule has 2 unspecified atom stereocenters. The van der Waals surface area contributed by atoms with Crippen LogP contribution in [0.2, 0.25) is 0 Å². The molecular weight excluding hydrogens is 274 g/mol. The number of likely N-dealkylation sites (tertiary alicyclic amines) is 1. The minimum Gasteiger partial charge on any atom is -0.314 e. The van der Waals surface area contributed by atoms with Crippen LogP contribution in [-0.2, 0) is 0 Å².